The number of halogens is 1. The maximum Gasteiger partial charge on any atom is 0.252 e. The summed E-state index contributed by atoms with van der Waals surface area (Å²) in [4.78, 5) is 14.9. The molecule has 8 heteroatoms. The number of aromatic nitrogens is 1. The van der Waals surface area contributed by atoms with E-state index < -0.39 is 21.4 Å². The number of sulfonamides is 1. The Labute approximate surface area is 149 Å². The average molecular weight is 376 g/mol. The summed E-state index contributed by atoms with van der Waals surface area (Å²) in [6.07, 6.45) is 0. The van der Waals surface area contributed by atoms with Crippen LogP contribution in [0.4, 0.5) is 4.39 Å². The van der Waals surface area contributed by atoms with Gasteiger partial charge in [-0.2, -0.15) is 0 Å². The molecule has 2 aromatic carbocycles. The molecule has 0 aliphatic heterocycles. The third-order valence-corrected chi connectivity index (χ3v) is 5.57. The quantitative estimate of drug-likeness (QED) is 0.716. The molecule has 3 aromatic rings. The summed E-state index contributed by atoms with van der Waals surface area (Å²) in [5, 5.41) is 0.748. The lowest BCUT2D eigenvalue weighted by atomic mass is 10.1. The molecular weight excluding hydrogens is 359 g/mol. The van der Waals surface area contributed by atoms with Crippen LogP contribution in [0.15, 0.2) is 52.2 Å². The number of rotatable bonds is 5. The van der Waals surface area contributed by atoms with Crippen LogP contribution in [0.1, 0.15) is 11.1 Å². The molecule has 0 aliphatic rings. The molecule has 0 saturated carbocycles. The van der Waals surface area contributed by atoms with Gasteiger partial charge in [0.1, 0.15) is 11.6 Å². The molecule has 0 radical (unpaired) electrons. The first-order chi connectivity index (χ1) is 12.3. The summed E-state index contributed by atoms with van der Waals surface area (Å²) in [5.74, 6) is 0.0937. The summed E-state index contributed by atoms with van der Waals surface area (Å²) in [6, 6.07) is 10.2. The third kappa shape index (κ3) is 3.61. The Kier molecular flexibility index (Phi) is 4.80. The monoisotopic (exact) mass is 376 g/mol. The van der Waals surface area contributed by atoms with Crippen LogP contribution < -0.4 is 15.0 Å². The Morgan fingerprint density at radius 3 is 2.62 bits per heavy atom. The smallest absolute Gasteiger partial charge is 0.252 e. The van der Waals surface area contributed by atoms with Crippen molar-refractivity contribution in [1.29, 1.82) is 0 Å². The van der Waals surface area contributed by atoms with E-state index in [-0.39, 0.29) is 22.6 Å². The van der Waals surface area contributed by atoms with Crippen LogP contribution in [0.25, 0.3) is 10.9 Å². The van der Waals surface area contributed by atoms with Crippen molar-refractivity contribution in [2.24, 2.45) is 0 Å². The summed E-state index contributed by atoms with van der Waals surface area (Å²) >= 11 is 0. The molecule has 0 amide bonds. The minimum absolute atomic E-state index is 0.0270. The van der Waals surface area contributed by atoms with Crippen molar-refractivity contribution in [2.45, 2.75) is 18.4 Å². The van der Waals surface area contributed by atoms with Gasteiger partial charge in [-0.3, -0.25) is 4.79 Å². The molecule has 0 unspecified atom stereocenters. The number of benzene rings is 2. The van der Waals surface area contributed by atoms with Crippen LogP contribution in [0.5, 0.6) is 5.75 Å². The van der Waals surface area contributed by atoms with Crippen LogP contribution in [-0.4, -0.2) is 20.5 Å². The average Bonchev–Trinajstić information content (AvgIpc) is 2.59. The molecule has 1 aromatic heterocycles. The van der Waals surface area contributed by atoms with E-state index in [9.17, 15) is 17.6 Å². The zero-order valence-corrected chi connectivity index (χ0v) is 15.0. The molecule has 0 saturated heterocycles. The first kappa shape index (κ1) is 18.1. The van der Waals surface area contributed by atoms with Gasteiger partial charge in [0.2, 0.25) is 10.0 Å². The number of pyridine rings is 1. The molecule has 0 atom stereocenters. The van der Waals surface area contributed by atoms with E-state index in [0.717, 1.165) is 17.5 Å². The SMILES string of the molecule is COc1ccc2cc(CNS(=O)(=O)c3ccc(F)cc3C)c(=O)[nH]c2c1. The van der Waals surface area contributed by atoms with Crippen LogP contribution in [0.3, 0.4) is 0 Å². The van der Waals surface area contributed by atoms with Crippen molar-refractivity contribution in [3.63, 3.8) is 0 Å². The minimum atomic E-state index is -3.88. The van der Waals surface area contributed by atoms with Crippen LogP contribution in [0.2, 0.25) is 0 Å². The summed E-state index contributed by atoms with van der Waals surface area (Å²) < 4.78 is 45.5. The van der Waals surface area contributed by atoms with Crippen molar-refractivity contribution < 1.29 is 17.5 Å². The van der Waals surface area contributed by atoms with Gasteiger partial charge < -0.3 is 9.72 Å². The highest BCUT2D eigenvalue weighted by Crippen LogP contribution is 2.19. The van der Waals surface area contributed by atoms with E-state index in [2.05, 4.69) is 9.71 Å². The van der Waals surface area contributed by atoms with E-state index in [4.69, 9.17) is 4.74 Å². The summed E-state index contributed by atoms with van der Waals surface area (Å²) in [5.41, 5.74) is 0.752. The molecule has 0 fully saturated rings. The molecule has 2 N–H and O–H groups in total. The number of H-pyrrole nitrogens is 1. The molecule has 6 nitrogen and oxygen atoms in total. The second-order valence-corrected chi connectivity index (χ2v) is 7.55. The highest BCUT2D eigenvalue weighted by Gasteiger charge is 2.17. The van der Waals surface area contributed by atoms with Gasteiger partial charge in [-0.15, -0.1) is 0 Å². The predicted octanol–water partition coefficient (Wildman–Crippen LogP) is 2.46. The molecule has 0 spiro atoms. The van der Waals surface area contributed by atoms with Gasteiger partial charge in [-0.1, -0.05) is 0 Å². The first-order valence-electron chi connectivity index (χ1n) is 7.76. The van der Waals surface area contributed by atoms with Gasteiger partial charge in [-0.25, -0.2) is 17.5 Å². The fourth-order valence-electron chi connectivity index (χ4n) is 2.65. The highest BCUT2D eigenvalue weighted by molar-refractivity contribution is 7.89. The third-order valence-electron chi connectivity index (χ3n) is 4.01. The number of aromatic amines is 1. The molecule has 3 rings (SSSR count). The zero-order chi connectivity index (χ0) is 18.9. The zero-order valence-electron chi connectivity index (χ0n) is 14.2. The highest BCUT2D eigenvalue weighted by atomic mass is 32.2. The van der Waals surface area contributed by atoms with Crippen molar-refractivity contribution in [3.05, 3.63) is 69.8 Å². The van der Waals surface area contributed by atoms with Gasteiger partial charge in [0.15, 0.2) is 0 Å². The lowest BCUT2D eigenvalue weighted by molar-refractivity contribution is 0.415. The molecule has 136 valence electrons. The summed E-state index contributed by atoms with van der Waals surface area (Å²) in [7, 11) is -2.35. The first-order valence-corrected chi connectivity index (χ1v) is 9.24. The number of hydrogen-bond acceptors (Lipinski definition) is 4. The fraction of sp³-hybridized carbons (Fsp3) is 0.167. The Balaban J connectivity index is 1.89. The largest absolute Gasteiger partial charge is 0.497 e. The number of nitrogens with one attached hydrogen (secondary N) is 2. The van der Waals surface area contributed by atoms with Crippen molar-refractivity contribution in [3.8, 4) is 5.75 Å². The normalized spacial score (nSPS) is 11.7. The number of fused-ring (bicyclic) bond motifs is 1. The number of hydrogen-bond donors (Lipinski definition) is 2. The molecule has 0 bridgehead atoms. The van der Waals surface area contributed by atoms with Gasteiger partial charge in [-0.05, 0) is 54.3 Å². The molecular formula is C18H17FN2O4S. The Morgan fingerprint density at radius 2 is 1.92 bits per heavy atom. The maximum atomic E-state index is 13.2. The number of aryl methyl sites for hydroxylation is 1. The summed E-state index contributed by atoms with van der Waals surface area (Å²) in [6.45, 7) is 1.32. The van der Waals surface area contributed by atoms with Crippen LogP contribution >= 0.6 is 0 Å². The van der Waals surface area contributed by atoms with E-state index >= 15 is 0 Å². The second-order valence-electron chi connectivity index (χ2n) is 5.81. The minimum Gasteiger partial charge on any atom is -0.497 e. The predicted molar refractivity (Wildman–Crippen MR) is 96.3 cm³/mol. The topological polar surface area (TPSA) is 88.3 Å². The Bertz CT molecular complexity index is 1140. The molecule has 26 heavy (non-hydrogen) atoms. The van der Waals surface area contributed by atoms with E-state index in [1.165, 1.54) is 20.1 Å². The fourth-order valence-corrected chi connectivity index (χ4v) is 3.88. The van der Waals surface area contributed by atoms with E-state index in [0.29, 0.717) is 11.3 Å². The molecule has 0 aliphatic carbocycles. The van der Waals surface area contributed by atoms with Crippen molar-refractivity contribution >= 4 is 20.9 Å². The number of methoxy groups -OCH3 is 1. The number of ether oxygens (including phenoxy) is 1. The van der Waals surface area contributed by atoms with E-state index in [1.54, 1.807) is 24.3 Å². The van der Waals surface area contributed by atoms with Crippen molar-refractivity contribution in [1.82, 2.24) is 9.71 Å². The lowest BCUT2D eigenvalue weighted by Crippen LogP contribution is -2.27. The molecule has 1 heterocycles. The van der Waals surface area contributed by atoms with Crippen LogP contribution in [-0.2, 0) is 16.6 Å². The Morgan fingerprint density at radius 1 is 1.15 bits per heavy atom. The van der Waals surface area contributed by atoms with E-state index in [1.807, 2.05) is 0 Å². The van der Waals surface area contributed by atoms with Gasteiger partial charge in [0.25, 0.3) is 5.56 Å². The second kappa shape index (κ2) is 6.89. The van der Waals surface area contributed by atoms with Crippen molar-refractivity contribution in [2.75, 3.05) is 7.11 Å². The standard InChI is InChI=1S/C18H17FN2O4S/c1-11-7-14(19)4-6-17(11)26(23,24)20-10-13-8-12-3-5-15(25-2)9-16(12)21-18(13)22/h3-9,20H,10H2,1-2H3,(H,21,22). The van der Waals surface area contributed by atoms with Gasteiger partial charge in [0, 0.05) is 18.2 Å². The Hall–Kier alpha value is -2.71. The maximum absolute atomic E-state index is 13.2. The van der Waals surface area contributed by atoms with Gasteiger partial charge >= 0.3 is 0 Å². The van der Waals surface area contributed by atoms with Gasteiger partial charge in [0.05, 0.1) is 17.5 Å². The van der Waals surface area contributed by atoms with Crippen LogP contribution in [0, 0.1) is 12.7 Å². The lowest BCUT2D eigenvalue weighted by Gasteiger charge is -2.10.